The van der Waals surface area contributed by atoms with Crippen molar-refractivity contribution >= 4 is 33.2 Å². The minimum absolute atomic E-state index is 0.0511. The molecule has 1 atom stereocenters. The molecule has 1 amide bonds. The van der Waals surface area contributed by atoms with Gasteiger partial charge >= 0.3 is 0 Å². The zero-order chi connectivity index (χ0) is 13.4. The molecule has 1 unspecified atom stereocenters. The van der Waals surface area contributed by atoms with Crippen LogP contribution >= 0.6 is 15.9 Å². The van der Waals surface area contributed by atoms with Gasteiger partial charge in [0, 0.05) is 36.6 Å². The molecule has 0 radical (unpaired) electrons. The van der Waals surface area contributed by atoms with Crippen LogP contribution in [0.15, 0.2) is 18.2 Å². The highest BCUT2D eigenvalue weighted by Gasteiger charge is 2.29. The fraction of sp³-hybridized carbons (Fsp3) is 0.500. The summed E-state index contributed by atoms with van der Waals surface area (Å²) in [6.45, 7) is 2.45. The minimum Gasteiger partial charge on any atom is -0.369 e. The molecule has 102 valence electrons. The van der Waals surface area contributed by atoms with Crippen molar-refractivity contribution in [3.05, 3.63) is 24.0 Å². The van der Waals surface area contributed by atoms with Crippen molar-refractivity contribution in [2.24, 2.45) is 0 Å². The Balaban J connectivity index is 1.85. The second-order valence-corrected chi connectivity index (χ2v) is 6.43. The van der Waals surface area contributed by atoms with Gasteiger partial charge in [-0.3, -0.25) is 4.79 Å². The molecule has 1 aromatic carbocycles. The van der Waals surface area contributed by atoms with E-state index < -0.39 is 0 Å². The Bertz CT molecular complexity index is 502. The number of anilines is 2. The van der Waals surface area contributed by atoms with E-state index in [2.05, 4.69) is 20.8 Å². The molecule has 3 nitrogen and oxygen atoms in total. The molecule has 2 saturated heterocycles. The topological polar surface area (TPSA) is 23.6 Å². The van der Waals surface area contributed by atoms with Gasteiger partial charge in [-0.05, 0) is 31.0 Å². The van der Waals surface area contributed by atoms with Gasteiger partial charge in [0.2, 0.25) is 5.91 Å². The second-order valence-electron chi connectivity index (χ2n) is 5.14. The van der Waals surface area contributed by atoms with E-state index in [1.807, 2.05) is 6.07 Å². The predicted octanol–water partition coefficient (Wildman–Crippen LogP) is 2.93. The number of hydrogen-bond donors (Lipinski definition) is 0. The standard InChI is InChI=1S/C14H16BrFN2O/c15-10-7-14(19)18(9-10)11-3-4-13(12(16)8-11)17-5-1-2-6-17/h3-4,8,10H,1-2,5-7,9H2. The molecule has 0 N–H and O–H groups in total. The van der Waals surface area contributed by atoms with Crippen LogP contribution in [0.1, 0.15) is 19.3 Å². The first-order chi connectivity index (χ1) is 9.15. The predicted molar refractivity (Wildman–Crippen MR) is 77.5 cm³/mol. The van der Waals surface area contributed by atoms with Crippen molar-refractivity contribution < 1.29 is 9.18 Å². The summed E-state index contributed by atoms with van der Waals surface area (Å²) in [5, 5.41) is 0. The fourth-order valence-corrected chi connectivity index (χ4v) is 3.36. The van der Waals surface area contributed by atoms with Crippen molar-refractivity contribution in [2.75, 3.05) is 29.4 Å². The molecular formula is C14H16BrFN2O. The maximum Gasteiger partial charge on any atom is 0.228 e. The first kappa shape index (κ1) is 12.9. The van der Waals surface area contributed by atoms with Crippen LogP contribution < -0.4 is 9.80 Å². The van der Waals surface area contributed by atoms with Crippen LogP contribution in [0.3, 0.4) is 0 Å². The Labute approximate surface area is 120 Å². The third kappa shape index (κ3) is 2.48. The van der Waals surface area contributed by atoms with E-state index >= 15 is 0 Å². The van der Waals surface area contributed by atoms with Gasteiger partial charge in [-0.15, -0.1) is 0 Å². The van der Waals surface area contributed by atoms with Gasteiger partial charge in [-0.2, -0.15) is 0 Å². The molecule has 19 heavy (non-hydrogen) atoms. The average Bonchev–Trinajstić information content (AvgIpc) is 2.99. The number of carbonyl (C=O) groups is 1. The number of amides is 1. The highest BCUT2D eigenvalue weighted by atomic mass is 79.9. The summed E-state index contributed by atoms with van der Waals surface area (Å²) in [7, 11) is 0. The maximum atomic E-state index is 14.2. The zero-order valence-electron chi connectivity index (χ0n) is 10.6. The van der Waals surface area contributed by atoms with E-state index in [-0.39, 0.29) is 16.6 Å². The van der Waals surface area contributed by atoms with E-state index in [4.69, 9.17) is 0 Å². The number of rotatable bonds is 2. The van der Waals surface area contributed by atoms with E-state index in [0.717, 1.165) is 25.9 Å². The quantitative estimate of drug-likeness (QED) is 0.780. The molecule has 2 fully saturated rings. The lowest BCUT2D eigenvalue weighted by Gasteiger charge is -2.21. The lowest BCUT2D eigenvalue weighted by Crippen LogP contribution is -2.25. The van der Waals surface area contributed by atoms with Crippen LogP contribution in [-0.2, 0) is 4.79 Å². The molecule has 0 aromatic heterocycles. The molecule has 2 aliphatic heterocycles. The molecule has 0 aliphatic carbocycles. The van der Waals surface area contributed by atoms with Gasteiger partial charge < -0.3 is 9.80 Å². The number of halogens is 2. The molecule has 5 heteroatoms. The first-order valence-corrected chi connectivity index (χ1v) is 7.55. The van der Waals surface area contributed by atoms with Crippen LogP contribution in [0.25, 0.3) is 0 Å². The van der Waals surface area contributed by atoms with Crippen molar-refractivity contribution in [2.45, 2.75) is 24.1 Å². The Kier molecular flexibility index (Phi) is 3.48. The summed E-state index contributed by atoms with van der Waals surface area (Å²) in [5.74, 6) is -0.180. The molecular weight excluding hydrogens is 311 g/mol. The van der Waals surface area contributed by atoms with Gasteiger partial charge in [-0.25, -0.2) is 4.39 Å². The summed E-state index contributed by atoms with van der Waals surface area (Å²) in [6, 6.07) is 5.13. The summed E-state index contributed by atoms with van der Waals surface area (Å²) < 4.78 is 14.2. The van der Waals surface area contributed by atoms with Crippen molar-refractivity contribution in [3.63, 3.8) is 0 Å². The molecule has 2 aliphatic rings. The molecule has 3 rings (SSSR count). The van der Waals surface area contributed by atoms with Gasteiger partial charge in [0.1, 0.15) is 5.82 Å². The summed E-state index contributed by atoms with van der Waals surface area (Å²) >= 11 is 3.44. The number of benzene rings is 1. The number of alkyl halides is 1. The Morgan fingerprint density at radius 1 is 1.26 bits per heavy atom. The van der Waals surface area contributed by atoms with Crippen molar-refractivity contribution in [1.82, 2.24) is 0 Å². The van der Waals surface area contributed by atoms with Crippen molar-refractivity contribution in [3.8, 4) is 0 Å². The molecule has 0 bridgehead atoms. The van der Waals surface area contributed by atoms with Crippen LogP contribution in [0.5, 0.6) is 0 Å². The van der Waals surface area contributed by atoms with Crippen molar-refractivity contribution in [1.29, 1.82) is 0 Å². The van der Waals surface area contributed by atoms with Crippen LogP contribution in [-0.4, -0.2) is 30.4 Å². The second kappa shape index (κ2) is 5.12. The third-order valence-corrected chi connectivity index (χ3v) is 4.38. The summed E-state index contributed by atoms with van der Waals surface area (Å²) in [5.41, 5.74) is 1.32. The minimum atomic E-state index is -0.231. The average molecular weight is 327 g/mol. The van der Waals surface area contributed by atoms with E-state index in [1.54, 1.807) is 11.0 Å². The zero-order valence-corrected chi connectivity index (χ0v) is 12.2. The van der Waals surface area contributed by atoms with Gasteiger partial charge in [0.15, 0.2) is 0 Å². The van der Waals surface area contributed by atoms with Crippen LogP contribution in [0.2, 0.25) is 0 Å². The molecule has 1 aromatic rings. The monoisotopic (exact) mass is 326 g/mol. The SMILES string of the molecule is O=C1CC(Br)CN1c1ccc(N2CCCC2)c(F)c1. The summed E-state index contributed by atoms with van der Waals surface area (Å²) in [6.07, 6.45) is 2.73. The highest BCUT2D eigenvalue weighted by Crippen LogP contribution is 2.30. The first-order valence-electron chi connectivity index (χ1n) is 6.64. The Morgan fingerprint density at radius 3 is 2.58 bits per heavy atom. The van der Waals surface area contributed by atoms with Gasteiger partial charge in [0.25, 0.3) is 0 Å². The smallest absolute Gasteiger partial charge is 0.228 e. The van der Waals surface area contributed by atoms with E-state index in [9.17, 15) is 9.18 Å². The Hall–Kier alpha value is -1.10. The largest absolute Gasteiger partial charge is 0.369 e. The lowest BCUT2D eigenvalue weighted by molar-refractivity contribution is -0.117. The molecule has 2 heterocycles. The normalized spacial score (nSPS) is 23.5. The van der Waals surface area contributed by atoms with Gasteiger partial charge in [0.05, 0.1) is 5.69 Å². The maximum absolute atomic E-state index is 14.2. The molecule has 0 spiro atoms. The third-order valence-electron chi connectivity index (χ3n) is 3.77. The summed E-state index contributed by atoms with van der Waals surface area (Å²) in [4.78, 5) is 15.7. The van der Waals surface area contributed by atoms with Gasteiger partial charge in [-0.1, -0.05) is 15.9 Å². The molecule has 0 saturated carbocycles. The Morgan fingerprint density at radius 2 is 2.00 bits per heavy atom. The number of nitrogens with zero attached hydrogens (tertiary/aromatic N) is 2. The van der Waals surface area contributed by atoms with E-state index in [1.165, 1.54) is 6.07 Å². The van der Waals surface area contributed by atoms with E-state index in [0.29, 0.717) is 24.3 Å². The fourth-order valence-electron chi connectivity index (χ4n) is 2.79. The number of carbonyl (C=O) groups excluding carboxylic acids is 1. The number of hydrogen-bond acceptors (Lipinski definition) is 2. The lowest BCUT2D eigenvalue weighted by atomic mass is 10.2. The highest BCUT2D eigenvalue weighted by molar-refractivity contribution is 9.09. The van der Waals surface area contributed by atoms with Crippen LogP contribution in [0, 0.1) is 5.82 Å². The van der Waals surface area contributed by atoms with Crippen LogP contribution in [0.4, 0.5) is 15.8 Å².